The van der Waals surface area contributed by atoms with E-state index in [1.54, 1.807) is 0 Å². The first kappa shape index (κ1) is 17.1. The summed E-state index contributed by atoms with van der Waals surface area (Å²) in [5.74, 6) is -0.442. The van der Waals surface area contributed by atoms with Crippen molar-refractivity contribution in [2.24, 2.45) is 0 Å². The predicted molar refractivity (Wildman–Crippen MR) is 100 cm³/mol. The number of hydrogen-bond acceptors (Lipinski definition) is 4. The second-order valence-corrected chi connectivity index (χ2v) is 7.19. The van der Waals surface area contributed by atoms with Crippen LogP contribution in [0.4, 0.5) is 0 Å². The van der Waals surface area contributed by atoms with E-state index in [0.29, 0.717) is 36.6 Å². The number of carbonyl (C=O) groups excluding carboxylic acids is 1. The van der Waals surface area contributed by atoms with E-state index in [1.807, 2.05) is 49.4 Å². The van der Waals surface area contributed by atoms with Crippen LogP contribution in [0.15, 0.2) is 48.2 Å². The third-order valence-corrected chi connectivity index (χ3v) is 5.40. The number of aryl methyl sites for hydroxylation is 1. The smallest absolute Gasteiger partial charge is 0.343 e. The zero-order valence-corrected chi connectivity index (χ0v) is 15.2. The van der Waals surface area contributed by atoms with Crippen molar-refractivity contribution in [3.63, 3.8) is 0 Å². The van der Waals surface area contributed by atoms with Crippen LogP contribution >= 0.6 is 11.6 Å². The minimum absolute atomic E-state index is 0.0298. The van der Waals surface area contributed by atoms with Crippen LogP contribution in [0.2, 0.25) is 5.02 Å². The van der Waals surface area contributed by atoms with Gasteiger partial charge in [-0.25, -0.2) is 4.79 Å². The van der Waals surface area contributed by atoms with Gasteiger partial charge in [0.25, 0.3) is 0 Å². The molecule has 1 N–H and O–H groups in total. The average molecular weight is 371 g/mol. The molecule has 0 aromatic heterocycles. The number of benzene rings is 2. The molecule has 134 valence electrons. The molecule has 0 atom stereocenters. The lowest BCUT2D eigenvalue weighted by atomic mass is 9.88. The molecule has 1 saturated heterocycles. The van der Waals surface area contributed by atoms with Gasteiger partial charge in [0.05, 0.1) is 13.2 Å². The molecule has 5 heteroatoms. The first-order valence-corrected chi connectivity index (χ1v) is 9.00. The van der Waals surface area contributed by atoms with Gasteiger partial charge in [0.1, 0.15) is 5.57 Å². The van der Waals surface area contributed by atoms with Crippen LogP contribution in [0, 0.1) is 6.92 Å². The summed E-state index contributed by atoms with van der Waals surface area (Å²) in [4.78, 5) is 12.6. The monoisotopic (exact) mass is 370 g/mol. The molecule has 2 aromatic carbocycles. The predicted octanol–water partition coefficient (Wildman–Crippen LogP) is 4.69. The lowest BCUT2D eigenvalue weighted by molar-refractivity contribution is -0.154. The van der Waals surface area contributed by atoms with E-state index in [9.17, 15) is 9.90 Å². The SMILES string of the molecule is Cc1ccc(-c2ccc(Cl)cc2)cc1C1=C(O)C2(CCOCC2)OC1=O. The highest BCUT2D eigenvalue weighted by molar-refractivity contribution is 6.30. The van der Waals surface area contributed by atoms with Gasteiger partial charge in [-0.3, -0.25) is 0 Å². The molecule has 2 aliphatic heterocycles. The van der Waals surface area contributed by atoms with Crippen molar-refractivity contribution in [2.75, 3.05) is 13.2 Å². The Morgan fingerprint density at radius 2 is 1.69 bits per heavy atom. The molecule has 0 radical (unpaired) electrons. The fourth-order valence-corrected chi connectivity index (χ4v) is 3.72. The van der Waals surface area contributed by atoms with Gasteiger partial charge in [0, 0.05) is 17.9 Å². The van der Waals surface area contributed by atoms with Crippen LogP contribution in [-0.4, -0.2) is 29.9 Å². The van der Waals surface area contributed by atoms with Gasteiger partial charge in [0.2, 0.25) is 0 Å². The highest BCUT2D eigenvalue weighted by Gasteiger charge is 2.49. The topological polar surface area (TPSA) is 55.8 Å². The van der Waals surface area contributed by atoms with Crippen LogP contribution < -0.4 is 0 Å². The molecule has 1 fully saturated rings. The van der Waals surface area contributed by atoms with E-state index in [0.717, 1.165) is 16.7 Å². The van der Waals surface area contributed by atoms with E-state index in [1.165, 1.54) is 0 Å². The molecule has 2 aliphatic rings. The maximum atomic E-state index is 12.6. The van der Waals surface area contributed by atoms with E-state index >= 15 is 0 Å². The quantitative estimate of drug-likeness (QED) is 0.779. The van der Waals surface area contributed by atoms with Crippen LogP contribution in [0.25, 0.3) is 16.7 Å². The molecular formula is C21H19ClO4. The van der Waals surface area contributed by atoms with Crippen molar-refractivity contribution < 1.29 is 19.4 Å². The Morgan fingerprint density at radius 3 is 2.38 bits per heavy atom. The minimum atomic E-state index is -0.937. The Bertz CT molecular complexity index is 893. The molecule has 2 aromatic rings. The number of rotatable bonds is 2. The van der Waals surface area contributed by atoms with E-state index < -0.39 is 11.6 Å². The molecule has 2 heterocycles. The summed E-state index contributed by atoms with van der Waals surface area (Å²) in [6.45, 7) is 2.85. The van der Waals surface area contributed by atoms with Gasteiger partial charge >= 0.3 is 5.97 Å². The fourth-order valence-electron chi connectivity index (χ4n) is 3.59. The number of ether oxygens (including phenoxy) is 2. The Kier molecular flexibility index (Phi) is 4.25. The number of carbonyl (C=O) groups is 1. The maximum Gasteiger partial charge on any atom is 0.343 e. The summed E-state index contributed by atoms with van der Waals surface area (Å²) in [5, 5.41) is 11.5. The summed E-state index contributed by atoms with van der Waals surface area (Å²) in [5.41, 5.74) is 2.87. The van der Waals surface area contributed by atoms with Crippen LogP contribution in [0.1, 0.15) is 24.0 Å². The largest absolute Gasteiger partial charge is 0.507 e. The van der Waals surface area contributed by atoms with Gasteiger partial charge in [-0.05, 0) is 47.4 Å². The molecule has 0 saturated carbocycles. The summed E-state index contributed by atoms with van der Waals surface area (Å²) in [7, 11) is 0. The lowest BCUT2D eigenvalue weighted by Gasteiger charge is -2.31. The minimum Gasteiger partial charge on any atom is -0.507 e. The first-order valence-electron chi connectivity index (χ1n) is 8.62. The number of aliphatic hydroxyl groups is 1. The van der Waals surface area contributed by atoms with Crippen LogP contribution in [0.5, 0.6) is 0 Å². The number of esters is 1. The standard InChI is InChI=1S/C21H19ClO4/c1-13-2-3-15(14-4-6-16(22)7-5-14)12-17(13)18-19(23)21(26-20(18)24)8-10-25-11-9-21/h2-7,12,23H,8-11H2,1H3. The third-order valence-electron chi connectivity index (χ3n) is 5.15. The van der Waals surface area contributed by atoms with Crippen molar-refractivity contribution in [1.29, 1.82) is 0 Å². The first-order chi connectivity index (χ1) is 12.5. The molecular weight excluding hydrogens is 352 g/mol. The van der Waals surface area contributed by atoms with Crippen LogP contribution in [-0.2, 0) is 14.3 Å². The van der Waals surface area contributed by atoms with Crippen molar-refractivity contribution >= 4 is 23.1 Å². The normalized spacial score (nSPS) is 19.1. The Labute approximate surface area is 157 Å². The average Bonchev–Trinajstić information content (AvgIpc) is 2.87. The summed E-state index contributed by atoms with van der Waals surface area (Å²) >= 11 is 5.97. The third kappa shape index (κ3) is 2.79. The number of halogens is 1. The zero-order valence-electron chi connectivity index (χ0n) is 14.4. The van der Waals surface area contributed by atoms with Crippen molar-refractivity contribution in [3.8, 4) is 11.1 Å². The van der Waals surface area contributed by atoms with E-state index in [2.05, 4.69) is 0 Å². The molecule has 0 aliphatic carbocycles. The van der Waals surface area contributed by atoms with Gasteiger partial charge in [-0.1, -0.05) is 35.9 Å². The molecule has 26 heavy (non-hydrogen) atoms. The summed E-state index contributed by atoms with van der Waals surface area (Å²) in [6.07, 6.45) is 0.952. The van der Waals surface area contributed by atoms with Gasteiger partial charge in [-0.15, -0.1) is 0 Å². The maximum absolute atomic E-state index is 12.6. The van der Waals surface area contributed by atoms with Gasteiger partial charge in [-0.2, -0.15) is 0 Å². The van der Waals surface area contributed by atoms with E-state index in [4.69, 9.17) is 21.1 Å². The molecule has 0 amide bonds. The number of hydrogen-bond donors (Lipinski definition) is 1. The van der Waals surface area contributed by atoms with Gasteiger partial charge in [0.15, 0.2) is 11.4 Å². The summed E-state index contributed by atoms with van der Waals surface area (Å²) in [6, 6.07) is 13.4. The number of aliphatic hydroxyl groups excluding tert-OH is 1. The molecule has 4 rings (SSSR count). The molecule has 0 unspecified atom stereocenters. The molecule has 4 nitrogen and oxygen atoms in total. The van der Waals surface area contributed by atoms with Gasteiger partial charge < -0.3 is 14.6 Å². The van der Waals surface area contributed by atoms with E-state index in [-0.39, 0.29) is 11.3 Å². The van der Waals surface area contributed by atoms with Crippen molar-refractivity contribution in [3.05, 3.63) is 64.4 Å². The zero-order chi connectivity index (χ0) is 18.3. The fraction of sp³-hybridized carbons (Fsp3) is 0.286. The second-order valence-electron chi connectivity index (χ2n) is 6.76. The second kappa shape index (κ2) is 6.45. The highest BCUT2D eigenvalue weighted by atomic mass is 35.5. The highest BCUT2D eigenvalue weighted by Crippen LogP contribution is 2.43. The molecule has 0 bridgehead atoms. The van der Waals surface area contributed by atoms with Crippen molar-refractivity contribution in [1.82, 2.24) is 0 Å². The Balaban J connectivity index is 1.80. The Hall–Kier alpha value is -2.30. The summed E-state index contributed by atoms with van der Waals surface area (Å²) < 4.78 is 11.0. The van der Waals surface area contributed by atoms with Crippen molar-refractivity contribution in [2.45, 2.75) is 25.4 Å². The lowest BCUT2D eigenvalue weighted by Crippen LogP contribution is -2.38. The Morgan fingerprint density at radius 1 is 1.04 bits per heavy atom. The molecule has 1 spiro atoms. The van der Waals surface area contributed by atoms with Crippen LogP contribution in [0.3, 0.4) is 0 Å².